The largest absolute Gasteiger partial charge is 0.215 e. The van der Waals surface area contributed by atoms with Gasteiger partial charge in [0.25, 0.3) is 0 Å². The Balaban J connectivity index is 2.00. The molecule has 2 aromatic carbocycles. The van der Waals surface area contributed by atoms with Gasteiger partial charge >= 0.3 is 0 Å². The van der Waals surface area contributed by atoms with Crippen LogP contribution < -0.4 is 4.57 Å². The lowest BCUT2D eigenvalue weighted by Gasteiger charge is -2.22. The van der Waals surface area contributed by atoms with Gasteiger partial charge in [-0.1, -0.05) is 44.2 Å². The minimum Gasteiger partial charge on any atom is -0.207 e. The fourth-order valence-corrected chi connectivity index (χ4v) is 3.94. The van der Waals surface area contributed by atoms with E-state index in [2.05, 4.69) is 57.2 Å². The van der Waals surface area contributed by atoms with Gasteiger partial charge in [0, 0.05) is 23.1 Å². The normalized spacial score (nSPS) is 14.4. The molecule has 0 unspecified atom stereocenters. The highest BCUT2D eigenvalue weighted by Gasteiger charge is 2.36. The molecule has 1 aliphatic rings. The highest BCUT2D eigenvalue weighted by molar-refractivity contribution is 5.84. The smallest absolute Gasteiger partial charge is 0.207 e. The first-order valence-electron chi connectivity index (χ1n) is 8.30. The van der Waals surface area contributed by atoms with Crippen molar-refractivity contribution in [1.82, 2.24) is 0 Å². The Kier molecular flexibility index (Phi) is 3.14. The molecule has 0 atom stereocenters. The summed E-state index contributed by atoms with van der Waals surface area (Å²) in [6.07, 6.45) is 1.78. The number of hydrogen-bond acceptors (Lipinski definition) is 0. The molecular weight excluding hydrogens is 297 g/mol. The first kappa shape index (κ1) is 15.1. The van der Waals surface area contributed by atoms with E-state index in [1.807, 2.05) is 11.6 Å². The summed E-state index contributed by atoms with van der Waals surface area (Å²) in [4.78, 5) is 0. The van der Waals surface area contributed by atoms with Crippen LogP contribution in [-0.2, 0) is 12.5 Å². The van der Waals surface area contributed by atoms with Crippen molar-refractivity contribution in [3.63, 3.8) is 0 Å². The Hall–Kier alpha value is -2.48. The van der Waals surface area contributed by atoms with Gasteiger partial charge in [0.1, 0.15) is 12.9 Å². The van der Waals surface area contributed by atoms with Crippen LogP contribution in [0.2, 0.25) is 0 Å². The summed E-state index contributed by atoms with van der Waals surface area (Å²) in [6, 6.07) is 16.2. The van der Waals surface area contributed by atoms with Crippen LogP contribution in [0.4, 0.5) is 4.39 Å². The highest BCUT2D eigenvalue weighted by atomic mass is 19.1. The maximum atomic E-state index is 13.8. The molecule has 1 aromatic heterocycles. The molecule has 1 nitrogen and oxygen atoms in total. The minimum absolute atomic E-state index is 0.0414. The molecule has 0 saturated carbocycles. The number of benzene rings is 2. The summed E-state index contributed by atoms with van der Waals surface area (Å²) < 4.78 is 15.8. The Morgan fingerprint density at radius 3 is 2.42 bits per heavy atom. The maximum Gasteiger partial charge on any atom is 0.215 e. The summed E-state index contributed by atoms with van der Waals surface area (Å²) in [5, 5.41) is 0. The third-order valence-corrected chi connectivity index (χ3v) is 5.32. The Morgan fingerprint density at radius 1 is 0.875 bits per heavy atom. The van der Waals surface area contributed by atoms with Crippen molar-refractivity contribution in [3.8, 4) is 22.4 Å². The number of aryl methyl sites for hydroxylation is 2. The fourth-order valence-electron chi connectivity index (χ4n) is 3.94. The van der Waals surface area contributed by atoms with E-state index in [0.29, 0.717) is 0 Å². The Morgan fingerprint density at radius 2 is 1.62 bits per heavy atom. The third kappa shape index (κ3) is 2.02. The van der Waals surface area contributed by atoms with Gasteiger partial charge < -0.3 is 0 Å². The average Bonchev–Trinajstić information content (AvgIpc) is 2.77. The van der Waals surface area contributed by atoms with Crippen LogP contribution in [0.15, 0.2) is 54.7 Å². The highest BCUT2D eigenvalue weighted by Crippen LogP contribution is 2.49. The van der Waals surface area contributed by atoms with Crippen molar-refractivity contribution in [2.24, 2.45) is 7.05 Å². The van der Waals surface area contributed by atoms with E-state index in [4.69, 9.17) is 0 Å². The number of fused-ring (bicyclic) bond motifs is 3. The first-order chi connectivity index (χ1) is 11.4. The van der Waals surface area contributed by atoms with Crippen LogP contribution in [0.1, 0.15) is 30.5 Å². The topological polar surface area (TPSA) is 3.88 Å². The van der Waals surface area contributed by atoms with Crippen LogP contribution in [0, 0.1) is 12.7 Å². The third-order valence-electron chi connectivity index (χ3n) is 5.32. The summed E-state index contributed by atoms with van der Waals surface area (Å²) in [5.41, 5.74) is 8.42. The Labute approximate surface area is 142 Å². The van der Waals surface area contributed by atoms with Gasteiger partial charge in [-0.15, -0.1) is 0 Å². The van der Waals surface area contributed by atoms with Crippen molar-refractivity contribution in [2.75, 3.05) is 0 Å². The van der Waals surface area contributed by atoms with Crippen molar-refractivity contribution in [1.29, 1.82) is 0 Å². The van der Waals surface area contributed by atoms with E-state index in [1.54, 1.807) is 12.3 Å². The van der Waals surface area contributed by atoms with E-state index in [9.17, 15) is 4.39 Å². The average molecular weight is 318 g/mol. The van der Waals surface area contributed by atoms with Crippen molar-refractivity contribution in [3.05, 3.63) is 77.2 Å². The second-order valence-corrected chi connectivity index (χ2v) is 7.22. The maximum absolute atomic E-state index is 13.8. The van der Waals surface area contributed by atoms with Crippen LogP contribution in [0.25, 0.3) is 22.4 Å². The van der Waals surface area contributed by atoms with Crippen molar-refractivity contribution >= 4 is 0 Å². The molecular formula is C22H21FN+. The molecule has 0 aliphatic heterocycles. The van der Waals surface area contributed by atoms with Crippen LogP contribution in [0.5, 0.6) is 0 Å². The molecule has 24 heavy (non-hydrogen) atoms. The molecule has 0 bridgehead atoms. The summed E-state index contributed by atoms with van der Waals surface area (Å²) in [5.74, 6) is -0.203. The van der Waals surface area contributed by atoms with E-state index >= 15 is 0 Å². The van der Waals surface area contributed by atoms with Crippen LogP contribution in [-0.4, -0.2) is 0 Å². The van der Waals surface area contributed by atoms with Gasteiger partial charge in [-0.2, -0.15) is 0 Å². The molecule has 1 aliphatic carbocycles. The standard InChI is InChI=1S/C22H21FN/c1-14-11-18-16-7-5-6-8-19(16)22(2,3)20(18)13-17(14)21-12-15(23)9-10-24(21)4/h5-13H,1-4H3/q+1. The summed E-state index contributed by atoms with van der Waals surface area (Å²) in [6.45, 7) is 6.64. The lowest BCUT2D eigenvalue weighted by atomic mass is 9.81. The van der Waals surface area contributed by atoms with Crippen molar-refractivity contribution in [2.45, 2.75) is 26.2 Å². The van der Waals surface area contributed by atoms with Gasteiger partial charge in [0.15, 0.2) is 6.20 Å². The SMILES string of the molecule is Cc1cc2c(cc1-c1cc(F)cc[n+]1C)C(C)(C)c1ccccc1-2. The number of pyridine rings is 1. The molecule has 0 spiro atoms. The van der Waals surface area contributed by atoms with Crippen LogP contribution in [0.3, 0.4) is 0 Å². The molecule has 0 saturated heterocycles. The molecule has 0 amide bonds. The zero-order chi connectivity index (χ0) is 17.1. The van der Waals surface area contributed by atoms with E-state index in [-0.39, 0.29) is 11.2 Å². The van der Waals surface area contributed by atoms with Gasteiger partial charge in [0.05, 0.1) is 0 Å². The fraction of sp³-hybridized carbons (Fsp3) is 0.227. The second kappa shape index (κ2) is 5.01. The number of rotatable bonds is 1. The zero-order valence-electron chi connectivity index (χ0n) is 14.5. The minimum atomic E-state index is -0.203. The molecule has 120 valence electrons. The number of halogens is 1. The summed E-state index contributed by atoms with van der Waals surface area (Å²) >= 11 is 0. The molecule has 0 fully saturated rings. The van der Waals surface area contributed by atoms with Gasteiger partial charge in [-0.05, 0) is 40.8 Å². The predicted molar refractivity (Wildman–Crippen MR) is 95.3 cm³/mol. The molecule has 4 rings (SSSR count). The quantitative estimate of drug-likeness (QED) is 0.560. The van der Waals surface area contributed by atoms with Gasteiger partial charge in [-0.3, -0.25) is 0 Å². The van der Waals surface area contributed by atoms with Crippen molar-refractivity contribution < 1.29 is 8.96 Å². The predicted octanol–water partition coefficient (Wildman–Crippen LogP) is 4.93. The Bertz CT molecular complexity index is 970. The second-order valence-electron chi connectivity index (χ2n) is 7.22. The monoisotopic (exact) mass is 318 g/mol. The van der Waals surface area contributed by atoms with Gasteiger partial charge in [-0.25, -0.2) is 8.96 Å². The summed E-state index contributed by atoms with van der Waals surface area (Å²) in [7, 11) is 1.96. The molecule has 0 radical (unpaired) electrons. The lowest BCUT2D eigenvalue weighted by molar-refractivity contribution is -0.660. The zero-order valence-corrected chi connectivity index (χ0v) is 14.5. The number of aromatic nitrogens is 1. The first-order valence-corrected chi connectivity index (χ1v) is 8.30. The molecule has 0 N–H and O–H groups in total. The van der Waals surface area contributed by atoms with E-state index in [1.165, 1.54) is 33.9 Å². The number of nitrogens with zero attached hydrogens (tertiary/aromatic N) is 1. The molecule has 2 heteroatoms. The van der Waals surface area contributed by atoms with Gasteiger partial charge in [0.2, 0.25) is 5.69 Å². The van der Waals surface area contributed by atoms with Crippen LogP contribution >= 0.6 is 0 Å². The van der Waals surface area contributed by atoms with E-state index < -0.39 is 0 Å². The lowest BCUT2D eigenvalue weighted by Crippen LogP contribution is -2.30. The van der Waals surface area contributed by atoms with E-state index in [0.717, 1.165) is 11.3 Å². The number of hydrogen-bond donors (Lipinski definition) is 0. The molecule has 3 aromatic rings. The molecule has 1 heterocycles.